The first kappa shape index (κ1) is 24.3. The number of hydrogen-bond acceptors (Lipinski definition) is 3. The highest BCUT2D eigenvalue weighted by atomic mass is 19.4. The molecule has 0 aliphatic carbocycles. The van der Waals surface area contributed by atoms with Crippen molar-refractivity contribution in [1.29, 1.82) is 0 Å². The van der Waals surface area contributed by atoms with E-state index >= 15 is 0 Å². The van der Waals surface area contributed by atoms with E-state index in [1.54, 1.807) is 25.1 Å². The Bertz CT molecular complexity index is 960. The van der Waals surface area contributed by atoms with Crippen LogP contribution in [0.4, 0.5) is 47.8 Å². The van der Waals surface area contributed by atoms with Gasteiger partial charge >= 0.3 is 18.0 Å². The lowest BCUT2D eigenvalue weighted by atomic mass is 9.90. The second-order valence-electron chi connectivity index (χ2n) is 7.26. The number of nitrogens with one attached hydrogen (secondary N) is 1. The average molecular weight is 451 g/mol. The summed E-state index contributed by atoms with van der Waals surface area (Å²) >= 11 is 0. The van der Waals surface area contributed by atoms with E-state index in [2.05, 4.69) is 5.32 Å². The molecule has 0 aliphatic rings. The molecule has 11 heteroatoms. The van der Waals surface area contributed by atoms with Gasteiger partial charge in [0.05, 0.1) is 11.4 Å². The first-order valence-corrected chi connectivity index (χ1v) is 8.83. The van der Waals surface area contributed by atoms with Gasteiger partial charge in [-0.25, -0.2) is 4.39 Å². The SMILES string of the molecule is Cc1cc(C(F)(C(F)(F)F)C(F)(F)F)cc(C)c1NC(=O)c1ccc(N(C)C)c(N)c1. The van der Waals surface area contributed by atoms with E-state index in [1.807, 2.05) is 0 Å². The molecule has 0 aliphatic heterocycles. The quantitative estimate of drug-likeness (QED) is 0.477. The number of hydrogen-bond donors (Lipinski definition) is 2. The lowest BCUT2D eigenvalue weighted by Crippen LogP contribution is -2.50. The summed E-state index contributed by atoms with van der Waals surface area (Å²) in [7, 11) is 3.49. The number of nitrogens with zero attached hydrogens (tertiary/aromatic N) is 1. The Labute approximate surface area is 173 Å². The molecule has 2 rings (SSSR count). The van der Waals surface area contributed by atoms with Crippen LogP contribution in [-0.2, 0) is 5.67 Å². The third-order valence-electron chi connectivity index (χ3n) is 4.72. The Balaban J connectivity index is 2.45. The van der Waals surface area contributed by atoms with Crippen LogP contribution in [0.25, 0.3) is 0 Å². The minimum atomic E-state index is -6.22. The number of amides is 1. The largest absolute Gasteiger partial charge is 0.435 e. The van der Waals surface area contributed by atoms with Crippen LogP contribution in [0.3, 0.4) is 0 Å². The number of carbonyl (C=O) groups is 1. The first-order chi connectivity index (χ1) is 14.0. The summed E-state index contributed by atoms with van der Waals surface area (Å²) in [6.07, 6.45) is -12.4. The fourth-order valence-corrected chi connectivity index (χ4v) is 3.14. The van der Waals surface area contributed by atoms with E-state index in [1.165, 1.54) is 26.0 Å². The molecular formula is C20H20F7N3O. The molecule has 1 amide bonds. The molecule has 2 aromatic carbocycles. The number of nitrogens with two attached hydrogens (primary N) is 1. The van der Waals surface area contributed by atoms with Crippen LogP contribution in [0.5, 0.6) is 0 Å². The monoisotopic (exact) mass is 451 g/mol. The molecule has 0 heterocycles. The summed E-state index contributed by atoms with van der Waals surface area (Å²) in [4.78, 5) is 14.3. The predicted molar refractivity (Wildman–Crippen MR) is 104 cm³/mol. The third kappa shape index (κ3) is 4.40. The van der Waals surface area contributed by atoms with Crippen LogP contribution < -0.4 is 16.0 Å². The van der Waals surface area contributed by atoms with Gasteiger partial charge in [-0.3, -0.25) is 4.79 Å². The highest BCUT2D eigenvalue weighted by Crippen LogP contribution is 2.53. The molecule has 0 aromatic heterocycles. The fraction of sp³-hybridized carbons (Fsp3) is 0.350. The maximum absolute atomic E-state index is 14.3. The van der Waals surface area contributed by atoms with Gasteiger partial charge in [-0.05, 0) is 43.2 Å². The number of aryl methyl sites for hydroxylation is 2. The Morgan fingerprint density at radius 2 is 1.39 bits per heavy atom. The topological polar surface area (TPSA) is 58.4 Å². The zero-order valence-corrected chi connectivity index (χ0v) is 17.0. The lowest BCUT2D eigenvalue weighted by Gasteiger charge is -2.31. The van der Waals surface area contributed by atoms with E-state index in [0.717, 1.165) is 0 Å². The van der Waals surface area contributed by atoms with Gasteiger partial charge in [0, 0.05) is 30.9 Å². The van der Waals surface area contributed by atoms with Gasteiger partial charge in [0.1, 0.15) is 0 Å². The zero-order valence-electron chi connectivity index (χ0n) is 17.0. The molecule has 0 unspecified atom stereocenters. The van der Waals surface area contributed by atoms with Gasteiger partial charge in [0.25, 0.3) is 5.91 Å². The number of halogens is 7. The normalized spacial score (nSPS) is 12.6. The number of carbonyl (C=O) groups excluding carboxylic acids is 1. The predicted octanol–water partition coefficient (Wildman–Crippen LogP) is 5.49. The molecule has 31 heavy (non-hydrogen) atoms. The Morgan fingerprint density at radius 1 is 0.903 bits per heavy atom. The van der Waals surface area contributed by atoms with Crippen molar-refractivity contribution in [1.82, 2.24) is 0 Å². The number of benzene rings is 2. The third-order valence-corrected chi connectivity index (χ3v) is 4.72. The summed E-state index contributed by atoms with van der Waals surface area (Å²) in [5.41, 5.74) is -0.586. The molecule has 0 saturated heterocycles. The van der Waals surface area contributed by atoms with Gasteiger partial charge in [0.2, 0.25) is 0 Å². The fourth-order valence-electron chi connectivity index (χ4n) is 3.14. The Morgan fingerprint density at radius 3 is 1.77 bits per heavy atom. The molecule has 0 spiro atoms. The van der Waals surface area contributed by atoms with Crippen LogP contribution in [0.1, 0.15) is 27.0 Å². The van der Waals surface area contributed by atoms with Gasteiger partial charge < -0.3 is 16.0 Å². The van der Waals surface area contributed by atoms with Crippen LogP contribution >= 0.6 is 0 Å². The summed E-state index contributed by atoms with van der Waals surface area (Å²) in [5, 5.41) is 2.43. The van der Waals surface area contributed by atoms with Crippen molar-refractivity contribution in [2.75, 3.05) is 30.0 Å². The molecule has 0 atom stereocenters. The van der Waals surface area contributed by atoms with E-state index in [4.69, 9.17) is 5.73 Å². The molecule has 3 N–H and O–H groups in total. The molecule has 0 saturated carbocycles. The second-order valence-corrected chi connectivity index (χ2v) is 7.26. The Hall–Kier alpha value is -2.98. The Kier molecular flexibility index (Phi) is 6.22. The van der Waals surface area contributed by atoms with Crippen molar-refractivity contribution in [3.8, 4) is 0 Å². The minimum Gasteiger partial charge on any atom is -0.397 e. The summed E-state index contributed by atoms with van der Waals surface area (Å²) in [6.45, 7) is 2.34. The summed E-state index contributed by atoms with van der Waals surface area (Å²) in [6, 6.07) is 5.26. The van der Waals surface area contributed by atoms with Gasteiger partial charge in [-0.15, -0.1) is 0 Å². The average Bonchev–Trinajstić information content (AvgIpc) is 2.61. The first-order valence-electron chi connectivity index (χ1n) is 8.83. The van der Waals surface area contributed by atoms with Crippen LogP contribution in [-0.4, -0.2) is 32.4 Å². The van der Waals surface area contributed by atoms with E-state index in [9.17, 15) is 35.5 Å². The zero-order chi connectivity index (χ0) is 23.9. The summed E-state index contributed by atoms with van der Waals surface area (Å²) in [5.74, 6) is -0.686. The van der Waals surface area contributed by atoms with Crippen LogP contribution in [0.2, 0.25) is 0 Å². The maximum Gasteiger partial charge on any atom is 0.435 e. The molecular weight excluding hydrogens is 431 g/mol. The highest BCUT2D eigenvalue weighted by molar-refractivity contribution is 6.06. The molecule has 0 bridgehead atoms. The number of nitrogen functional groups attached to an aromatic ring is 1. The van der Waals surface area contributed by atoms with Crippen molar-refractivity contribution in [3.63, 3.8) is 0 Å². The van der Waals surface area contributed by atoms with Crippen molar-refractivity contribution < 1.29 is 35.5 Å². The van der Waals surface area contributed by atoms with E-state index in [-0.39, 0.29) is 22.4 Å². The van der Waals surface area contributed by atoms with E-state index < -0.39 is 29.5 Å². The van der Waals surface area contributed by atoms with Crippen molar-refractivity contribution >= 4 is 23.0 Å². The van der Waals surface area contributed by atoms with Gasteiger partial charge in [-0.2, -0.15) is 26.3 Å². The lowest BCUT2D eigenvalue weighted by molar-refractivity contribution is -0.348. The van der Waals surface area contributed by atoms with E-state index in [0.29, 0.717) is 23.5 Å². The molecule has 170 valence electrons. The smallest absolute Gasteiger partial charge is 0.397 e. The van der Waals surface area contributed by atoms with Gasteiger partial charge in [0.15, 0.2) is 0 Å². The molecule has 0 radical (unpaired) electrons. The standard InChI is InChI=1S/C20H20F7N3O/c1-10-7-13(18(21,19(22,23)24)20(25,26)27)8-11(2)16(10)29-17(31)12-5-6-15(30(3)4)14(28)9-12/h5-9H,28H2,1-4H3,(H,29,31). The molecule has 4 nitrogen and oxygen atoms in total. The second kappa shape index (κ2) is 7.93. The van der Waals surface area contributed by atoms with Crippen molar-refractivity contribution in [3.05, 3.63) is 52.6 Å². The van der Waals surface area contributed by atoms with Crippen molar-refractivity contribution in [2.45, 2.75) is 31.9 Å². The molecule has 2 aromatic rings. The number of rotatable bonds is 4. The van der Waals surface area contributed by atoms with Crippen LogP contribution in [0, 0.1) is 13.8 Å². The number of alkyl halides is 7. The molecule has 0 fully saturated rings. The highest BCUT2D eigenvalue weighted by Gasteiger charge is 2.73. The summed E-state index contributed by atoms with van der Waals surface area (Å²) < 4.78 is 92.5. The number of anilines is 3. The van der Waals surface area contributed by atoms with Crippen LogP contribution in [0.15, 0.2) is 30.3 Å². The van der Waals surface area contributed by atoms with Crippen molar-refractivity contribution in [2.24, 2.45) is 0 Å². The maximum atomic E-state index is 14.3. The minimum absolute atomic E-state index is 0.0318. The van der Waals surface area contributed by atoms with Gasteiger partial charge in [-0.1, -0.05) is 12.1 Å².